The minimum atomic E-state index is -1.82. The molecule has 1 aromatic carbocycles. The lowest BCUT2D eigenvalue weighted by atomic mass is 9.94. The van der Waals surface area contributed by atoms with E-state index in [1.807, 2.05) is 0 Å². The highest BCUT2D eigenvalue weighted by Gasteiger charge is 2.26. The Labute approximate surface area is 177 Å². The van der Waals surface area contributed by atoms with Gasteiger partial charge in [-0.25, -0.2) is 9.59 Å². The Bertz CT molecular complexity index is 670. The maximum absolute atomic E-state index is 12.3. The van der Waals surface area contributed by atoms with E-state index in [9.17, 15) is 4.79 Å². The van der Waals surface area contributed by atoms with Crippen molar-refractivity contribution in [3.05, 3.63) is 35.9 Å². The number of carbonyl (C=O) groups is 3. The molecule has 0 spiro atoms. The average Bonchev–Trinajstić information content (AvgIpc) is 3.27. The highest BCUT2D eigenvalue weighted by atomic mass is 16.5. The van der Waals surface area contributed by atoms with Crippen molar-refractivity contribution < 1.29 is 29.3 Å². The molecule has 166 valence electrons. The van der Waals surface area contributed by atoms with Crippen molar-refractivity contribution in [1.29, 1.82) is 0 Å². The van der Waals surface area contributed by atoms with Crippen LogP contribution in [0.25, 0.3) is 0 Å². The number of carboxylic acids is 2. The number of ether oxygens (including phenoxy) is 1. The maximum atomic E-state index is 12.3. The molecule has 2 fully saturated rings. The van der Waals surface area contributed by atoms with Crippen LogP contribution in [0.5, 0.6) is 0 Å². The molecule has 2 unspecified atom stereocenters. The fraction of sp³-hybridized carbons (Fsp3) is 0.591. The highest BCUT2D eigenvalue weighted by molar-refractivity contribution is 6.27. The molecule has 2 aliphatic heterocycles. The third-order valence-corrected chi connectivity index (χ3v) is 5.57. The Morgan fingerprint density at radius 2 is 1.73 bits per heavy atom. The number of piperidine rings is 1. The lowest BCUT2D eigenvalue weighted by Gasteiger charge is -2.33. The second kappa shape index (κ2) is 12.3. The van der Waals surface area contributed by atoms with E-state index in [0.29, 0.717) is 12.5 Å². The predicted molar refractivity (Wildman–Crippen MR) is 111 cm³/mol. The first-order valence-corrected chi connectivity index (χ1v) is 10.5. The quantitative estimate of drug-likeness (QED) is 0.602. The Morgan fingerprint density at radius 1 is 1.10 bits per heavy atom. The fourth-order valence-electron chi connectivity index (χ4n) is 3.82. The van der Waals surface area contributed by atoms with E-state index in [4.69, 9.17) is 24.5 Å². The molecule has 2 aliphatic rings. The van der Waals surface area contributed by atoms with E-state index in [1.165, 1.54) is 5.56 Å². The van der Waals surface area contributed by atoms with Crippen molar-refractivity contribution >= 4 is 17.8 Å². The number of nitrogens with one attached hydrogen (secondary N) is 1. The van der Waals surface area contributed by atoms with Crippen LogP contribution in [0.1, 0.15) is 44.1 Å². The summed E-state index contributed by atoms with van der Waals surface area (Å²) in [7, 11) is 0. The van der Waals surface area contributed by atoms with Gasteiger partial charge in [0.2, 0.25) is 5.91 Å². The first-order valence-electron chi connectivity index (χ1n) is 10.5. The Hall–Kier alpha value is -2.45. The fourth-order valence-corrected chi connectivity index (χ4v) is 3.82. The van der Waals surface area contributed by atoms with Crippen LogP contribution in [0, 0.1) is 5.92 Å². The lowest BCUT2D eigenvalue weighted by molar-refractivity contribution is -0.159. The van der Waals surface area contributed by atoms with Crippen LogP contribution in [0.2, 0.25) is 0 Å². The average molecular weight is 421 g/mol. The number of benzene rings is 1. The van der Waals surface area contributed by atoms with Gasteiger partial charge in [-0.1, -0.05) is 37.3 Å². The van der Waals surface area contributed by atoms with Crippen molar-refractivity contribution in [3.63, 3.8) is 0 Å². The molecule has 30 heavy (non-hydrogen) atoms. The third kappa shape index (κ3) is 8.12. The van der Waals surface area contributed by atoms with Crippen LogP contribution in [0.3, 0.4) is 0 Å². The third-order valence-electron chi connectivity index (χ3n) is 5.57. The molecule has 0 saturated carbocycles. The van der Waals surface area contributed by atoms with Gasteiger partial charge in [-0.2, -0.15) is 0 Å². The molecule has 2 heterocycles. The lowest BCUT2D eigenvalue weighted by Crippen LogP contribution is -2.43. The van der Waals surface area contributed by atoms with Crippen LogP contribution in [0.4, 0.5) is 0 Å². The van der Waals surface area contributed by atoms with Crippen LogP contribution in [0.15, 0.2) is 30.3 Å². The van der Waals surface area contributed by atoms with Crippen molar-refractivity contribution in [2.24, 2.45) is 5.92 Å². The minimum Gasteiger partial charge on any atom is -0.473 e. The van der Waals surface area contributed by atoms with Gasteiger partial charge in [-0.3, -0.25) is 4.79 Å². The number of amides is 1. The van der Waals surface area contributed by atoms with E-state index >= 15 is 0 Å². The molecule has 0 aromatic heterocycles. The summed E-state index contributed by atoms with van der Waals surface area (Å²) in [6.45, 7) is 6.94. The molecule has 2 saturated heterocycles. The van der Waals surface area contributed by atoms with Gasteiger partial charge < -0.3 is 25.2 Å². The maximum Gasteiger partial charge on any atom is 0.414 e. The Balaban J connectivity index is 0.000000469. The van der Waals surface area contributed by atoms with Crippen molar-refractivity contribution in [1.82, 2.24) is 10.2 Å². The second-order valence-corrected chi connectivity index (χ2v) is 7.88. The monoisotopic (exact) mass is 420 g/mol. The number of carbonyl (C=O) groups excluding carboxylic acids is 1. The van der Waals surface area contributed by atoms with Crippen LogP contribution in [-0.2, 0) is 19.1 Å². The summed E-state index contributed by atoms with van der Waals surface area (Å²) in [5.74, 6) is -2.71. The van der Waals surface area contributed by atoms with E-state index < -0.39 is 11.9 Å². The number of hydrogen-bond acceptors (Lipinski definition) is 5. The van der Waals surface area contributed by atoms with Gasteiger partial charge in [-0.15, -0.1) is 0 Å². The Kier molecular flexibility index (Phi) is 9.76. The largest absolute Gasteiger partial charge is 0.473 e. The summed E-state index contributed by atoms with van der Waals surface area (Å²) in [4.78, 5) is 33.0. The van der Waals surface area contributed by atoms with Gasteiger partial charge in [0, 0.05) is 25.6 Å². The van der Waals surface area contributed by atoms with Gasteiger partial charge >= 0.3 is 11.9 Å². The van der Waals surface area contributed by atoms with Crippen molar-refractivity contribution in [2.45, 2.75) is 44.6 Å². The second-order valence-electron chi connectivity index (χ2n) is 7.88. The number of carboxylic acid groups (broad SMARTS) is 2. The van der Waals surface area contributed by atoms with Crippen molar-refractivity contribution in [3.8, 4) is 0 Å². The van der Waals surface area contributed by atoms with Gasteiger partial charge in [-0.05, 0) is 50.3 Å². The molecule has 3 rings (SSSR count). The molecule has 8 nitrogen and oxygen atoms in total. The molecule has 8 heteroatoms. The van der Waals surface area contributed by atoms with Crippen LogP contribution in [-0.4, -0.2) is 71.8 Å². The molecule has 0 bridgehead atoms. The highest BCUT2D eigenvalue weighted by Crippen LogP contribution is 2.22. The number of likely N-dealkylation sites (tertiary alicyclic amines) is 1. The van der Waals surface area contributed by atoms with E-state index in [-0.39, 0.29) is 17.9 Å². The standard InChI is InChI=1S/C20H30N2O2.C2H2O4/c1-16(17-6-3-2-4-7-17)15-22-11-9-18(10-12-22)20(23)21-14-19-8-5-13-24-19;3-1(4)2(5)6/h2-4,6-7,16,18-19H,5,8-15H2,1H3,(H,21,23);(H,3,4)(H,5,6). The summed E-state index contributed by atoms with van der Waals surface area (Å²) >= 11 is 0. The van der Waals surface area contributed by atoms with E-state index in [1.54, 1.807) is 0 Å². The number of rotatable bonds is 6. The van der Waals surface area contributed by atoms with Crippen LogP contribution < -0.4 is 5.32 Å². The predicted octanol–water partition coefficient (Wildman–Crippen LogP) is 1.95. The summed E-state index contributed by atoms with van der Waals surface area (Å²) in [5.41, 5.74) is 1.40. The molecule has 2 atom stereocenters. The number of hydrogen-bond donors (Lipinski definition) is 3. The minimum absolute atomic E-state index is 0.176. The SMILES string of the molecule is CC(CN1CCC(C(=O)NCC2CCCO2)CC1)c1ccccc1.O=C(O)C(=O)O. The smallest absolute Gasteiger partial charge is 0.414 e. The first kappa shape index (κ1) is 23.8. The number of nitrogens with zero attached hydrogens (tertiary/aromatic N) is 1. The zero-order valence-electron chi connectivity index (χ0n) is 17.5. The first-order chi connectivity index (χ1) is 14.4. The summed E-state index contributed by atoms with van der Waals surface area (Å²) in [6.07, 6.45) is 4.38. The summed E-state index contributed by atoms with van der Waals surface area (Å²) in [6, 6.07) is 10.7. The Morgan fingerprint density at radius 3 is 2.27 bits per heavy atom. The molecule has 0 aliphatic carbocycles. The topological polar surface area (TPSA) is 116 Å². The van der Waals surface area contributed by atoms with Gasteiger partial charge in [0.1, 0.15) is 0 Å². The number of aliphatic carboxylic acids is 2. The molecule has 1 amide bonds. The molecule has 0 radical (unpaired) electrons. The van der Waals surface area contributed by atoms with Gasteiger partial charge in [0.15, 0.2) is 0 Å². The normalized spacial score (nSPS) is 20.6. The zero-order valence-corrected chi connectivity index (χ0v) is 17.5. The van der Waals surface area contributed by atoms with Gasteiger partial charge in [0.05, 0.1) is 6.10 Å². The van der Waals surface area contributed by atoms with Crippen LogP contribution >= 0.6 is 0 Å². The molecule has 3 N–H and O–H groups in total. The van der Waals surface area contributed by atoms with E-state index in [2.05, 4.69) is 47.5 Å². The van der Waals surface area contributed by atoms with Gasteiger partial charge in [0.25, 0.3) is 0 Å². The molecular formula is C22H32N2O6. The van der Waals surface area contributed by atoms with Crippen molar-refractivity contribution in [2.75, 3.05) is 32.8 Å². The molecular weight excluding hydrogens is 388 g/mol. The summed E-state index contributed by atoms with van der Waals surface area (Å²) in [5, 5.41) is 17.9. The zero-order chi connectivity index (χ0) is 21.9. The van der Waals surface area contributed by atoms with E-state index in [0.717, 1.165) is 51.9 Å². The molecule has 1 aromatic rings. The summed E-state index contributed by atoms with van der Waals surface area (Å²) < 4.78 is 5.57.